The molecule has 1 aliphatic heterocycles. The Morgan fingerprint density at radius 3 is 2.44 bits per heavy atom. The molecule has 0 aliphatic carbocycles. The molecule has 1 aliphatic rings. The SMILES string of the molecule is CCC1OS(=O)OC1C. The van der Waals surface area contributed by atoms with E-state index in [9.17, 15) is 4.21 Å². The second kappa shape index (κ2) is 2.77. The van der Waals surface area contributed by atoms with Crippen LogP contribution in [-0.2, 0) is 19.7 Å². The molecular formula is C5H10O3S. The molecular weight excluding hydrogens is 140 g/mol. The molecule has 0 aromatic heterocycles. The molecule has 3 nitrogen and oxygen atoms in total. The third-order valence-electron chi connectivity index (χ3n) is 1.36. The maximum atomic E-state index is 10.5. The summed E-state index contributed by atoms with van der Waals surface area (Å²) < 4.78 is 20.2. The highest BCUT2D eigenvalue weighted by atomic mass is 32.2. The van der Waals surface area contributed by atoms with Crippen molar-refractivity contribution >= 4 is 11.4 Å². The normalized spacial score (nSPS) is 43.6. The molecule has 9 heavy (non-hydrogen) atoms. The molecule has 1 rings (SSSR count). The fourth-order valence-electron chi connectivity index (χ4n) is 0.788. The zero-order valence-electron chi connectivity index (χ0n) is 5.49. The highest BCUT2D eigenvalue weighted by molar-refractivity contribution is 7.75. The molecule has 4 heteroatoms. The second-order valence-electron chi connectivity index (χ2n) is 2.05. The lowest BCUT2D eigenvalue weighted by Gasteiger charge is -2.04. The predicted molar refractivity (Wildman–Crippen MR) is 33.9 cm³/mol. The van der Waals surface area contributed by atoms with Crippen LogP contribution in [0, 0.1) is 0 Å². The van der Waals surface area contributed by atoms with Crippen LogP contribution in [0.25, 0.3) is 0 Å². The first-order valence-corrected chi connectivity index (χ1v) is 4.00. The molecule has 3 unspecified atom stereocenters. The van der Waals surface area contributed by atoms with E-state index in [-0.39, 0.29) is 12.2 Å². The van der Waals surface area contributed by atoms with Gasteiger partial charge in [-0.25, -0.2) is 0 Å². The topological polar surface area (TPSA) is 35.5 Å². The Morgan fingerprint density at radius 1 is 1.56 bits per heavy atom. The van der Waals surface area contributed by atoms with Gasteiger partial charge in [-0.15, -0.1) is 0 Å². The van der Waals surface area contributed by atoms with Crippen molar-refractivity contribution in [3.63, 3.8) is 0 Å². The monoisotopic (exact) mass is 150 g/mol. The number of hydrogen-bond acceptors (Lipinski definition) is 3. The van der Waals surface area contributed by atoms with Crippen LogP contribution in [0.15, 0.2) is 0 Å². The van der Waals surface area contributed by atoms with E-state index in [4.69, 9.17) is 8.37 Å². The van der Waals surface area contributed by atoms with Crippen LogP contribution < -0.4 is 0 Å². The van der Waals surface area contributed by atoms with Gasteiger partial charge in [-0.3, -0.25) is 8.37 Å². The van der Waals surface area contributed by atoms with E-state index in [1.165, 1.54) is 0 Å². The van der Waals surface area contributed by atoms with Gasteiger partial charge in [0.1, 0.15) is 12.2 Å². The van der Waals surface area contributed by atoms with Crippen LogP contribution >= 0.6 is 0 Å². The summed E-state index contributed by atoms with van der Waals surface area (Å²) in [6.07, 6.45) is 0.856. The van der Waals surface area contributed by atoms with Crippen LogP contribution in [0.2, 0.25) is 0 Å². The van der Waals surface area contributed by atoms with Crippen molar-refractivity contribution in [1.29, 1.82) is 0 Å². The predicted octanol–water partition coefficient (Wildman–Crippen LogP) is 0.779. The summed E-state index contributed by atoms with van der Waals surface area (Å²) in [5.74, 6) is 0. The summed E-state index contributed by atoms with van der Waals surface area (Å²) in [4.78, 5) is 0. The lowest BCUT2D eigenvalue weighted by Crippen LogP contribution is -2.17. The van der Waals surface area contributed by atoms with Crippen molar-refractivity contribution in [1.82, 2.24) is 0 Å². The van der Waals surface area contributed by atoms with E-state index in [1.54, 1.807) is 0 Å². The van der Waals surface area contributed by atoms with Crippen molar-refractivity contribution in [2.24, 2.45) is 0 Å². The largest absolute Gasteiger partial charge is 0.305 e. The minimum Gasteiger partial charge on any atom is -0.263 e. The van der Waals surface area contributed by atoms with E-state index in [1.807, 2.05) is 13.8 Å². The summed E-state index contributed by atoms with van der Waals surface area (Å²) in [7, 11) is 0. The molecule has 0 saturated carbocycles. The van der Waals surface area contributed by atoms with Gasteiger partial charge in [0.25, 0.3) is 0 Å². The molecule has 3 atom stereocenters. The summed E-state index contributed by atoms with van der Waals surface area (Å²) >= 11 is -1.48. The third-order valence-corrected chi connectivity index (χ3v) is 2.22. The third kappa shape index (κ3) is 1.50. The maximum Gasteiger partial charge on any atom is 0.305 e. The first-order chi connectivity index (χ1) is 4.24. The van der Waals surface area contributed by atoms with Crippen molar-refractivity contribution in [3.05, 3.63) is 0 Å². The van der Waals surface area contributed by atoms with Crippen molar-refractivity contribution in [3.8, 4) is 0 Å². The Morgan fingerprint density at radius 2 is 2.22 bits per heavy atom. The van der Waals surface area contributed by atoms with E-state index < -0.39 is 11.4 Å². The highest BCUT2D eigenvalue weighted by Crippen LogP contribution is 2.18. The first-order valence-electron chi connectivity index (χ1n) is 3.00. The summed E-state index contributed by atoms with van der Waals surface area (Å²) in [5, 5.41) is 0. The number of rotatable bonds is 1. The molecule has 54 valence electrons. The van der Waals surface area contributed by atoms with Gasteiger partial charge < -0.3 is 0 Å². The van der Waals surface area contributed by atoms with Gasteiger partial charge in [-0.1, -0.05) is 6.92 Å². The zero-order chi connectivity index (χ0) is 6.85. The Hall–Kier alpha value is 0.0700. The van der Waals surface area contributed by atoms with Gasteiger partial charge in [-0.05, 0) is 13.3 Å². The van der Waals surface area contributed by atoms with Crippen LogP contribution in [0.1, 0.15) is 20.3 Å². The van der Waals surface area contributed by atoms with Crippen LogP contribution in [-0.4, -0.2) is 16.4 Å². The summed E-state index contributed by atoms with van der Waals surface area (Å²) in [6, 6.07) is 0. The Kier molecular flexibility index (Phi) is 2.21. The minimum absolute atomic E-state index is 0.0177. The Labute approximate surface area is 57.2 Å². The van der Waals surface area contributed by atoms with Crippen LogP contribution in [0.3, 0.4) is 0 Å². The van der Waals surface area contributed by atoms with Gasteiger partial charge in [0.2, 0.25) is 0 Å². The average molecular weight is 150 g/mol. The molecule has 1 saturated heterocycles. The van der Waals surface area contributed by atoms with Crippen molar-refractivity contribution in [2.75, 3.05) is 0 Å². The standard InChI is InChI=1S/C5H10O3S/c1-3-5-4(2)7-9(6)8-5/h4-5H,3H2,1-2H3. The van der Waals surface area contributed by atoms with Gasteiger partial charge >= 0.3 is 11.4 Å². The molecule has 0 spiro atoms. The Balaban J connectivity index is 2.47. The fourth-order valence-corrected chi connectivity index (χ4v) is 1.70. The second-order valence-corrected chi connectivity index (χ2v) is 2.84. The smallest absolute Gasteiger partial charge is 0.263 e. The van der Waals surface area contributed by atoms with Crippen LogP contribution in [0.4, 0.5) is 0 Å². The molecule has 1 fully saturated rings. The highest BCUT2D eigenvalue weighted by Gasteiger charge is 2.29. The maximum absolute atomic E-state index is 10.5. The quantitative estimate of drug-likeness (QED) is 0.554. The molecule has 0 aromatic rings. The summed E-state index contributed by atoms with van der Waals surface area (Å²) in [5.41, 5.74) is 0. The Bertz CT molecular complexity index is 125. The van der Waals surface area contributed by atoms with Crippen LogP contribution in [0.5, 0.6) is 0 Å². The fraction of sp³-hybridized carbons (Fsp3) is 1.00. The summed E-state index contributed by atoms with van der Waals surface area (Å²) in [6.45, 7) is 3.84. The van der Waals surface area contributed by atoms with Gasteiger partial charge in [0, 0.05) is 0 Å². The molecule has 1 heterocycles. The first kappa shape index (κ1) is 7.18. The van der Waals surface area contributed by atoms with E-state index >= 15 is 0 Å². The molecule has 0 radical (unpaired) electrons. The molecule has 0 bridgehead atoms. The van der Waals surface area contributed by atoms with Gasteiger partial charge in [-0.2, -0.15) is 4.21 Å². The van der Waals surface area contributed by atoms with E-state index in [0.717, 1.165) is 6.42 Å². The van der Waals surface area contributed by atoms with Crippen molar-refractivity contribution < 1.29 is 12.6 Å². The van der Waals surface area contributed by atoms with Crippen molar-refractivity contribution in [2.45, 2.75) is 32.5 Å². The lowest BCUT2D eigenvalue weighted by molar-refractivity contribution is 0.167. The average Bonchev–Trinajstić information content (AvgIpc) is 2.10. The van der Waals surface area contributed by atoms with Gasteiger partial charge in [0.15, 0.2) is 0 Å². The molecule has 0 N–H and O–H groups in total. The lowest BCUT2D eigenvalue weighted by atomic mass is 10.2. The zero-order valence-corrected chi connectivity index (χ0v) is 6.31. The van der Waals surface area contributed by atoms with E-state index in [0.29, 0.717) is 0 Å². The minimum atomic E-state index is -1.48. The number of hydrogen-bond donors (Lipinski definition) is 0. The molecule has 0 amide bonds. The van der Waals surface area contributed by atoms with E-state index in [2.05, 4.69) is 0 Å². The molecule has 0 aromatic carbocycles. The van der Waals surface area contributed by atoms with Gasteiger partial charge in [0.05, 0.1) is 0 Å².